The average molecular weight is 607 g/mol. The number of hydrogen-bond donors (Lipinski definition) is 8. The predicted octanol–water partition coefficient (Wildman–Crippen LogP) is -0.288. The summed E-state index contributed by atoms with van der Waals surface area (Å²) >= 11 is 0. The van der Waals surface area contributed by atoms with Crippen LogP contribution in [0.1, 0.15) is 54.4 Å². The number of aryl methyl sites for hydroxylation is 2. The minimum atomic E-state index is -1.91. The summed E-state index contributed by atoms with van der Waals surface area (Å²) in [5, 5.41) is 81.4. The van der Waals surface area contributed by atoms with Gasteiger partial charge in [-0.1, -0.05) is 24.3 Å². The average Bonchev–Trinajstić information content (AvgIpc) is 3.77. The van der Waals surface area contributed by atoms with Crippen molar-refractivity contribution in [2.24, 2.45) is 0 Å². The standard InChI is InChI=1S/C31H42O12/c1-14-9-16(5-7-20(14)40-28-30(3,38)26(36)24(34)22(12-32)42-28)18-11-19(18)17-6-8-21(15(2)10-17)41-29-31(4,39)27(37)25(35)23(13-33)43-29/h5-10,18-19,22-29,32-39H,11-13H2,1-4H3/t18?,19?,22-,23-,24-,25-,26+,27+,28+,29+,30+,31+/m1/s1. The Morgan fingerprint density at radius 1 is 0.698 bits per heavy atom. The van der Waals surface area contributed by atoms with Crippen molar-refractivity contribution in [3.8, 4) is 11.5 Å². The first-order chi connectivity index (χ1) is 20.2. The van der Waals surface area contributed by atoms with Crippen LogP contribution in [-0.4, -0.2) is 114 Å². The molecule has 1 aliphatic carbocycles. The van der Waals surface area contributed by atoms with Crippen LogP contribution in [0.5, 0.6) is 11.5 Å². The van der Waals surface area contributed by atoms with Crippen LogP contribution in [0.15, 0.2) is 36.4 Å². The zero-order chi connectivity index (χ0) is 31.4. The molecule has 2 heterocycles. The lowest BCUT2D eigenvalue weighted by Gasteiger charge is -2.45. The second kappa shape index (κ2) is 11.9. The van der Waals surface area contributed by atoms with Gasteiger partial charge in [-0.25, -0.2) is 0 Å². The fourth-order valence-corrected chi connectivity index (χ4v) is 5.96. The molecule has 2 aliphatic heterocycles. The molecule has 238 valence electrons. The highest BCUT2D eigenvalue weighted by Gasteiger charge is 2.54. The van der Waals surface area contributed by atoms with E-state index in [2.05, 4.69) is 0 Å². The summed E-state index contributed by atoms with van der Waals surface area (Å²) in [6.45, 7) is 5.24. The van der Waals surface area contributed by atoms with E-state index < -0.39 is 73.6 Å². The third kappa shape index (κ3) is 5.89. The molecule has 3 fully saturated rings. The molecule has 8 N–H and O–H groups in total. The number of rotatable bonds is 8. The Hall–Kier alpha value is -2.36. The molecule has 0 bridgehead atoms. The lowest BCUT2D eigenvalue weighted by molar-refractivity contribution is -0.315. The Balaban J connectivity index is 1.25. The molecule has 0 spiro atoms. The smallest absolute Gasteiger partial charge is 0.231 e. The van der Waals surface area contributed by atoms with Gasteiger partial charge in [0.05, 0.1) is 13.2 Å². The molecule has 43 heavy (non-hydrogen) atoms. The molecule has 0 aromatic heterocycles. The highest BCUT2D eigenvalue weighted by molar-refractivity contribution is 5.45. The number of aliphatic hydroxyl groups excluding tert-OH is 6. The monoisotopic (exact) mass is 606 g/mol. The maximum Gasteiger partial charge on any atom is 0.231 e. The summed E-state index contributed by atoms with van der Waals surface area (Å²) in [7, 11) is 0. The summed E-state index contributed by atoms with van der Waals surface area (Å²) in [6, 6.07) is 11.4. The number of benzene rings is 2. The molecule has 2 aromatic rings. The third-order valence-electron chi connectivity index (χ3n) is 9.03. The summed E-state index contributed by atoms with van der Waals surface area (Å²) in [6.07, 6.45) is -9.98. The minimum Gasteiger partial charge on any atom is -0.461 e. The quantitative estimate of drug-likeness (QED) is 0.196. The summed E-state index contributed by atoms with van der Waals surface area (Å²) in [5.74, 6) is 1.39. The zero-order valence-electron chi connectivity index (χ0n) is 24.6. The number of ether oxygens (including phenoxy) is 4. The van der Waals surface area contributed by atoms with Crippen LogP contribution in [0, 0.1) is 13.8 Å². The van der Waals surface area contributed by atoms with Crippen molar-refractivity contribution in [2.45, 2.75) is 106 Å². The van der Waals surface area contributed by atoms with Gasteiger partial charge in [0.2, 0.25) is 12.6 Å². The van der Waals surface area contributed by atoms with Crippen molar-refractivity contribution < 1.29 is 59.8 Å². The van der Waals surface area contributed by atoms with Gasteiger partial charge in [-0.3, -0.25) is 0 Å². The predicted molar refractivity (Wildman–Crippen MR) is 150 cm³/mol. The lowest BCUT2D eigenvalue weighted by Crippen LogP contribution is -2.66. The van der Waals surface area contributed by atoms with E-state index in [1.165, 1.54) is 13.8 Å². The Morgan fingerprint density at radius 2 is 1.07 bits per heavy atom. The van der Waals surface area contributed by atoms with Gasteiger partial charge in [0.15, 0.2) is 11.2 Å². The van der Waals surface area contributed by atoms with E-state index in [0.29, 0.717) is 11.5 Å². The summed E-state index contributed by atoms with van der Waals surface area (Å²) < 4.78 is 22.9. The molecular weight excluding hydrogens is 564 g/mol. The molecule has 2 aromatic carbocycles. The van der Waals surface area contributed by atoms with Crippen molar-refractivity contribution in [2.75, 3.05) is 13.2 Å². The van der Waals surface area contributed by atoms with Gasteiger partial charge in [0.1, 0.15) is 48.1 Å². The molecule has 0 amide bonds. The van der Waals surface area contributed by atoms with Gasteiger partial charge in [-0.15, -0.1) is 0 Å². The largest absolute Gasteiger partial charge is 0.461 e. The first-order valence-electron chi connectivity index (χ1n) is 14.4. The third-order valence-corrected chi connectivity index (χ3v) is 9.03. The minimum absolute atomic E-state index is 0.257. The van der Waals surface area contributed by atoms with Gasteiger partial charge in [-0.2, -0.15) is 0 Å². The Kier molecular flexibility index (Phi) is 8.84. The van der Waals surface area contributed by atoms with E-state index >= 15 is 0 Å². The normalized spacial score (nSPS) is 41.1. The molecule has 2 saturated heterocycles. The molecule has 3 aliphatic rings. The molecule has 1 saturated carbocycles. The first-order valence-corrected chi connectivity index (χ1v) is 14.4. The van der Waals surface area contributed by atoms with Crippen molar-refractivity contribution in [1.29, 1.82) is 0 Å². The lowest BCUT2D eigenvalue weighted by atomic mass is 9.88. The van der Waals surface area contributed by atoms with Gasteiger partial charge >= 0.3 is 0 Å². The van der Waals surface area contributed by atoms with E-state index in [4.69, 9.17) is 18.9 Å². The molecule has 12 heteroatoms. The van der Waals surface area contributed by atoms with Crippen molar-refractivity contribution in [3.63, 3.8) is 0 Å². The van der Waals surface area contributed by atoms with E-state index in [0.717, 1.165) is 28.7 Å². The number of hydrogen-bond acceptors (Lipinski definition) is 12. The van der Waals surface area contributed by atoms with Crippen LogP contribution in [-0.2, 0) is 9.47 Å². The molecule has 0 radical (unpaired) electrons. The molecule has 5 rings (SSSR count). The van der Waals surface area contributed by atoms with Crippen LogP contribution in [0.25, 0.3) is 0 Å². The maximum absolute atomic E-state index is 10.8. The summed E-state index contributed by atoms with van der Waals surface area (Å²) in [5.41, 5.74) is -0.0459. The Bertz CT molecular complexity index is 1200. The fraction of sp³-hybridized carbons (Fsp3) is 0.613. The topological polar surface area (TPSA) is 199 Å². The van der Waals surface area contributed by atoms with Crippen molar-refractivity contribution >= 4 is 0 Å². The Morgan fingerprint density at radius 3 is 1.40 bits per heavy atom. The summed E-state index contributed by atoms with van der Waals surface area (Å²) in [4.78, 5) is 0. The van der Waals surface area contributed by atoms with Crippen LogP contribution in [0.3, 0.4) is 0 Å². The molecular formula is C31H42O12. The van der Waals surface area contributed by atoms with Crippen molar-refractivity contribution in [3.05, 3.63) is 58.7 Å². The van der Waals surface area contributed by atoms with Crippen LogP contribution >= 0.6 is 0 Å². The van der Waals surface area contributed by atoms with E-state index in [-0.39, 0.29) is 11.8 Å². The zero-order valence-corrected chi connectivity index (χ0v) is 24.6. The maximum atomic E-state index is 10.8. The van der Waals surface area contributed by atoms with Gasteiger partial charge < -0.3 is 59.8 Å². The van der Waals surface area contributed by atoms with Gasteiger partial charge in [-0.05, 0) is 80.3 Å². The van der Waals surface area contributed by atoms with E-state index in [1.807, 2.05) is 38.1 Å². The van der Waals surface area contributed by atoms with E-state index in [1.54, 1.807) is 12.1 Å². The highest BCUT2D eigenvalue weighted by Crippen LogP contribution is 2.55. The SMILES string of the molecule is Cc1cc(C2CC2c2ccc(O[C@H]3O[C@H](CO)[C@@H](O)[C@H](O)[C@]3(C)O)c(C)c2)ccc1O[C@H]1O[C@H](CO)[C@@H](O)[C@H](O)[C@]1(C)O. The number of aliphatic hydroxyl groups is 8. The Labute approximate surface area is 249 Å². The van der Waals surface area contributed by atoms with Crippen LogP contribution in [0.2, 0.25) is 0 Å². The molecule has 2 unspecified atom stereocenters. The fourth-order valence-electron chi connectivity index (χ4n) is 5.96. The van der Waals surface area contributed by atoms with Crippen LogP contribution in [0.4, 0.5) is 0 Å². The molecule has 12 atom stereocenters. The van der Waals surface area contributed by atoms with Crippen molar-refractivity contribution in [1.82, 2.24) is 0 Å². The van der Waals surface area contributed by atoms with Gasteiger partial charge in [0, 0.05) is 0 Å². The van der Waals surface area contributed by atoms with Gasteiger partial charge in [0.25, 0.3) is 0 Å². The second-order valence-corrected chi connectivity index (χ2v) is 12.4. The van der Waals surface area contributed by atoms with E-state index in [9.17, 15) is 40.9 Å². The second-order valence-electron chi connectivity index (χ2n) is 12.4. The first kappa shape index (κ1) is 32.0. The van der Waals surface area contributed by atoms with Crippen LogP contribution < -0.4 is 9.47 Å². The molecule has 12 nitrogen and oxygen atoms in total. The highest BCUT2D eigenvalue weighted by atomic mass is 16.7.